The second kappa shape index (κ2) is 6.85. The molecule has 4 heteroatoms. The van der Waals surface area contributed by atoms with E-state index in [1.165, 1.54) is 37.4 Å². The zero-order valence-electron chi connectivity index (χ0n) is 11.4. The minimum atomic E-state index is -0.274. The van der Waals surface area contributed by atoms with Crippen molar-refractivity contribution in [3.63, 3.8) is 0 Å². The van der Waals surface area contributed by atoms with Crippen LogP contribution in [-0.2, 0) is 4.79 Å². The summed E-state index contributed by atoms with van der Waals surface area (Å²) >= 11 is 1.50. The topological polar surface area (TPSA) is 55.1 Å². The molecule has 1 aliphatic rings. The van der Waals surface area contributed by atoms with Gasteiger partial charge in [0.2, 0.25) is 5.91 Å². The fourth-order valence-corrected chi connectivity index (χ4v) is 3.44. The Labute approximate surface area is 119 Å². The molecule has 3 N–H and O–H groups in total. The van der Waals surface area contributed by atoms with E-state index in [4.69, 9.17) is 5.73 Å². The Kier molecular flexibility index (Phi) is 5.14. The van der Waals surface area contributed by atoms with Crippen molar-refractivity contribution < 1.29 is 4.79 Å². The van der Waals surface area contributed by atoms with Gasteiger partial charge in [-0.3, -0.25) is 4.79 Å². The molecule has 0 aromatic heterocycles. The number of amides is 1. The van der Waals surface area contributed by atoms with E-state index in [2.05, 4.69) is 18.3 Å². The normalized spacial score (nSPS) is 17.3. The van der Waals surface area contributed by atoms with Crippen molar-refractivity contribution in [3.05, 3.63) is 24.3 Å². The molecule has 2 rings (SSSR count). The summed E-state index contributed by atoms with van der Waals surface area (Å²) in [7, 11) is 0. The number of para-hydroxylation sites is 1. The van der Waals surface area contributed by atoms with Crippen LogP contribution in [-0.4, -0.2) is 17.7 Å². The molecule has 0 radical (unpaired) electrons. The van der Waals surface area contributed by atoms with Gasteiger partial charge in [0.05, 0.1) is 5.75 Å². The molecule has 1 aromatic carbocycles. The first-order valence-electron chi connectivity index (χ1n) is 6.93. The molecular formula is C15H22N2OS. The number of benzene rings is 1. The third-order valence-corrected chi connectivity index (χ3v) is 4.84. The van der Waals surface area contributed by atoms with Gasteiger partial charge >= 0.3 is 0 Å². The fourth-order valence-electron chi connectivity index (χ4n) is 2.68. The Balaban J connectivity index is 2.00. The zero-order valence-corrected chi connectivity index (χ0v) is 12.2. The number of hydrogen-bond donors (Lipinski definition) is 2. The molecule has 1 fully saturated rings. The summed E-state index contributed by atoms with van der Waals surface area (Å²) in [6, 6.07) is 8.62. The smallest absolute Gasteiger partial charge is 0.227 e. The molecule has 1 aliphatic carbocycles. The highest BCUT2D eigenvalue weighted by molar-refractivity contribution is 8.00. The highest BCUT2D eigenvalue weighted by Gasteiger charge is 2.21. The minimum absolute atomic E-state index is 0.274. The van der Waals surface area contributed by atoms with Gasteiger partial charge in [-0.2, -0.15) is 0 Å². The molecule has 19 heavy (non-hydrogen) atoms. The van der Waals surface area contributed by atoms with E-state index in [-0.39, 0.29) is 5.91 Å². The fraction of sp³-hybridized carbons (Fsp3) is 0.533. The Hall–Kier alpha value is -1.16. The summed E-state index contributed by atoms with van der Waals surface area (Å²) in [4.78, 5) is 12.0. The van der Waals surface area contributed by atoms with Gasteiger partial charge in [0.15, 0.2) is 0 Å². The van der Waals surface area contributed by atoms with Crippen LogP contribution in [0, 0.1) is 5.92 Å². The number of rotatable bonds is 6. The number of nitrogens with two attached hydrogens (primary N) is 1. The number of nitrogens with one attached hydrogen (secondary N) is 1. The summed E-state index contributed by atoms with van der Waals surface area (Å²) < 4.78 is 0. The first-order chi connectivity index (χ1) is 9.16. The Bertz CT molecular complexity index is 430. The summed E-state index contributed by atoms with van der Waals surface area (Å²) in [5, 5.41) is 3.60. The van der Waals surface area contributed by atoms with E-state index in [1.54, 1.807) is 0 Å². The first kappa shape index (κ1) is 14.3. The summed E-state index contributed by atoms with van der Waals surface area (Å²) in [6.45, 7) is 2.26. The summed E-state index contributed by atoms with van der Waals surface area (Å²) in [5.41, 5.74) is 6.33. The third-order valence-electron chi connectivity index (χ3n) is 3.75. The molecule has 1 atom stereocenters. The molecule has 0 spiro atoms. The van der Waals surface area contributed by atoms with Gasteiger partial charge in [0.25, 0.3) is 0 Å². The Morgan fingerprint density at radius 3 is 2.79 bits per heavy atom. The first-order valence-corrected chi connectivity index (χ1v) is 7.92. The molecule has 1 aromatic rings. The van der Waals surface area contributed by atoms with Gasteiger partial charge in [-0.15, -0.1) is 11.8 Å². The lowest BCUT2D eigenvalue weighted by Gasteiger charge is -2.23. The van der Waals surface area contributed by atoms with Crippen molar-refractivity contribution in [2.45, 2.75) is 43.5 Å². The molecule has 104 valence electrons. The molecule has 0 bridgehead atoms. The molecule has 0 heterocycles. The van der Waals surface area contributed by atoms with Crippen molar-refractivity contribution in [2.24, 2.45) is 11.7 Å². The number of thioether (sulfide) groups is 1. The van der Waals surface area contributed by atoms with Gasteiger partial charge in [-0.25, -0.2) is 0 Å². The van der Waals surface area contributed by atoms with Crippen LogP contribution in [0.3, 0.4) is 0 Å². The largest absolute Gasteiger partial charge is 0.381 e. The molecule has 0 aliphatic heterocycles. The van der Waals surface area contributed by atoms with Crippen LogP contribution >= 0.6 is 11.8 Å². The predicted octanol–water partition coefficient (Wildman–Crippen LogP) is 3.25. The van der Waals surface area contributed by atoms with E-state index < -0.39 is 0 Å². The standard InChI is InChI=1S/C15H22N2OS/c1-11(12-6-2-3-7-12)17-13-8-4-5-9-14(13)19-10-15(16)18/h4-5,8-9,11-12,17H,2-3,6-7,10H2,1H3,(H2,16,18). The van der Waals surface area contributed by atoms with Crippen LogP contribution in [0.1, 0.15) is 32.6 Å². The van der Waals surface area contributed by atoms with Gasteiger partial charge in [-0.05, 0) is 37.8 Å². The monoisotopic (exact) mass is 278 g/mol. The van der Waals surface area contributed by atoms with Crippen molar-refractivity contribution >= 4 is 23.4 Å². The van der Waals surface area contributed by atoms with Crippen LogP contribution in [0.4, 0.5) is 5.69 Å². The number of primary amides is 1. The van der Waals surface area contributed by atoms with Crippen molar-refractivity contribution in [2.75, 3.05) is 11.1 Å². The number of carbonyl (C=O) groups is 1. The van der Waals surface area contributed by atoms with Crippen molar-refractivity contribution in [3.8, 4) is 0 Å². The lowest BCUT2D eigenvalue weighted by atomic mass is 9.99. The SMILES string of the molecule is CC(Nc1ccccc1SCC(N)=O)C1CCCC1. The average Bonchev–Trinajstić information content (AvgIpc) is 2.91. The van der Waals surface area contributed by atoms with E-state index in [9.17, 15) is 4.79 Å². The molecule has 1 unspecified atom stereocenters. The molecular weight excluding hydrogens is 256 g/mol. The van der Waals surface area contributed by atoms with Gasteiger partial charge in [0.1, 0.15) is 0 Å². The minimum Gasteiger partial charge on any atom is -0.381 e. The van der Waals surface area contributed by atoms with E-state index in [0.717, 1.165) is 16.5 Å². The van der Waals surface area contributed by atoms with Crippen molar-refractivity contribution in [1.29, 1.82) is 0 Å². The van der Waals surface area contributed by atoms with Crippen LogP contribution in [0.15, 0.2) is 29.2 Å². The maximum atomic E-state index is 10.9. The molecule has 3 nitrogen and oxygen atoms in total. The lowest BCUT2D eigenvalue weighted by molar-refractivity contribution is -0.115. The second-order valence-electron chi connectivity index (χ2n) is 5.23. The molecule has 1 amide bonds. The van der Waals surface area contributed by atoms with Gasteiger partial charge < -0.3 is 11.1 Å². The zero-order chi connectivity index (χ0) is 13.7. The molecule has 0 saturated heterocycles. The summed E-state index contributed by atoms with van der Waals surface area (Å²) in [6.07, 6.45) is 5.36. The second-order valence-corrected chi connectivity index (χ2v) is 6.25. The van der Waals surface area contributed by atoms with E-state index in [0.29, 0.717) is 11.8 Å². The lowest BCUT2D eigenvalue weighted by Crippen LogP contribution is -2.24. The Morgan fingerprint density at radius 1 is 1.42 bits per heavy atom. The molecule has 1 saturated carbocycles. The third kappa shape index (κ3) is 4.16. The van der Waals surface area contributed by atoms with Crippen molar-refractivity contribution in [1.82, 2.24) is 0 Å². The predicted molar refractivity (Wildman–Crippen MR) is 81.4 cm³/mol. The highest BCUT2D eigenvalue weighted by Crippen LogP contribution is 2.32. The van der Waals surface area contributed by atoms with Crippen LogP contribution < -0.4 is 11.1 Å². The number of hydrogen-bond acceptors (Lipinski definition) is 3. The van der Waals surface area contributed by atoms with Crippen LogP contribution in [0.5, 0.6) is 0 Å². The quantitative estimate of drug-likeness (QED) is 0.785. The average molecular weight is 278 g/mol. The van der Waals surface area contributed by atoms with Gasteiger partial charge in [-0.1, -0.05) is 25.0 Å². The summed E-state index contributed by atoms with van der Waals surface area (Å²) in [5.74, 6) is 0.828. The highest BCUT2D eigenvalue weighted by atomic mass is 32.2. The maximum absolute atomic E-state index is 10.9. The number of anilines is 1. The number of carbonyl (C=O) groups excluding carboxylic acids is 1. The van der Waals surface area contributed by atoms with Crippen LogP contribution in [0.25, 0.3) is 0 Å². The van der Waals surface area contributed by atoms with E-state index in [1.807, 2.05) is 18.2 Å². The van der Waals surface area contributed by atoms with Crippen LogP contribution in [0.2, 0.25) is 0 Å². The van der Waals surface area contributed by atoms with E-state index >= 15 is 0 Å². The van der Waals surface area contributed by atoms with Gasteiger partial charge in [0, 0.05) is 16.6 Å². The Morgan fingerprint density at radius 2 is 2.11 bits per heavy atom. The maximum Gasteiger partial charge on any atom is 0.227 e.